The molecule has 52 heavy (non-hydrogen) atoms. The summed E-state index contributed by atoms with van der Waals surface area (Å²) in [6, 6.07) is 32.6. The van der Waals surface area contributed by atoms with E-state index in [0.29, 0.717) is 0 Å². The Bertz CT molecular complexity index is 2300. The maximum atomic E-state index is 2.39. The van der Waals surface area contributed by atoms with E-state index in [0.717, 1.165) is 12.8 Å². The van der Waals surface area contributed by atoms with E-state index in [9.17, 15) is 0 Å². The van der Waals surface area contributed by atoms with Crippen LogP contribution in [0.1, 0.15) is 102 Å². The smallest absolute Gasteiger partial charge is 0.117 e. The van der Waals surface area contributed by atoms with E-state index < -0.39 is 0 Å². The van der Waals surface area contributed by atoms with E-state index in [1.165, 1.54) is 154 Å². The number of fused-ring (bicyclic) bond motifs is 9. The maximum absolute atomic E-state index is 2.39. The van der Waals surface area contributed by atoms with Crippen molar-refractivity contribution in [2.75, 3.05) is 0 Å². The van der Waals surface area contributed by atoms with Crippen molar-refractivity contribution in [3.63, 3.8) is 0 Å². The van der Waals surface area contributed by atoms with Gasteiger partial charge < -0.3 is 18.3 Å². The minimum absolute atomic E-state index is 1.15. The summed E-state index contributed by atoms with van der Waals surface area (Å²) in [5.74, 6) is 2.48. The number of aromatic nitrogens is 4. The van der Waals surface area contributed by atoms with Crippen LogP contribution in [0.4, 0.5) is 0 Å². The van der Waals surface area contributed by atoms with Gasteiger partial charge in [-0.15, -0.1) is 0 Å². The molecule has 4 aromatic heterocycles. The summed E-state index contributed by atoms with van der Waals surface area (Å²) < 4.78 is 9.53. The van der Waals surface area contributed by atoms with Gasteiger partial charge >= 0.3 is 0 Å². The Labute approximate surface area is 309 Å². The summed E-state index contributed by atoms with van der Waals surface area (Å²) >= 11 is 0. The summed E-state index contributed by atoms with van der Waals surface area (Å²) in [6.45, 7) is 4.57. The van der Waals surface area contributed by atoms with Crippen LogP contribution in [-0.2, 0) is 26.9 Å². The SMILES string of the molecule is CCCCCCCCc1ccc(-n2ccc3c4ccc5c(ccc6c5ccc5c6ccn5-c5ccc(CCCCCCCC)n5C)c4ccc32)n1C. The van der Waals surface area contributed by atoms with Gasteiger partial charge in [-0.05, 0) is 107 Å². The lowest BCUT2D eigenvalue weighted by Crippen LogP contribution is -2.04. The Morgan fingerprint density at radius 3 is 1.10 bits per heavy atom. The highest BCUT2D eigenvalue weighted by Crippen LogP contribution is 2.38. The molecule has 4 heteroatoms. The van der Waals surface area contributed by atoms with Crippen molar-refractivity contribution in [2.24, 2.45) is 14.1 Å². The standard InChI is InChI=1S/C48H56N4/c1-5-7-9-11-13-15-17-35-19-29-47(49(35)3)51-33-31-43-41-23-21-38-37(39(41)25-27-45(43)51)22-24-42-40(38)26-28-46-44(42)32-34-52(46)48-30-20-36(50(48)4)18-16-14-12-10-8-6-2/h19-34H,5-18H2,1-4H3. The minimum Gasteiger partial charge on any atom is -0.334 e. The second-order valence-electron chi connectivity index (χ2n) is 15.3. The van der Waals surface area contributed by atoms with Crippen LogP contribution >= 0.6 is 0 Å². The Hall–Kier alpha value is -4.70. The molecule has 0 fully saturated rings. The number of rotatable bonds is 16. The topological polar surface area (TPSA) is 19.7 Å². The first-order chi connectivity index (χ1) is 25.6. The third kappa shape index (κ3) is 6.25. The quantitative estimate of drug-likeness (QED) is 0.0711. The van der Waals surface area contributed by atoms with Gasteiger partial charge in [-0.1, -0.05) is 114 Å². The molecule has 268 valence electrons. The number of hydrogen-bond donors (Lipinski definition) is 0. The van der Waals surface area contributed by atoms with E-state index >= 15 is 0 Å². The van der Waals surface area contributed by atoms with Crippen LogP contribution in [0, 0.1) is 0 Å². The maximum Gasteiger partial charge on any atom is 0.117 e. The van der Waals surface area contributed by atoms with Crippen LogP contribution in [-0.4, -0.2) is 18.3 Å². The Morgan fingerprint density at radius 1 is 0.346 bits per heavy atom. The molecule has 4 aromatic carbocycles. The van der Waals surface area contributed by atoms with E-state index in [4.69, 9.17) is 0 Å². The van der Waals surface area contributed by atoms with Crippen LogP contribution in [0.2, 0.25) is 0 Å². The zero-order chi connectivity index (χ0) is 35.6. The highest BCUT2D eigenvalue weighted by Gasteiger charge is 2.16. The number of unbranched alkanes of at least 4 members (excludes halogenated alkanes) is 10. The summed E-state index contributed by atoms with van der Waals surface area (Å²) in [5.41, 5.74) is 5.37. The van der Waals surface area contributed by atoms with Crippen LogP contribution in [0.15, 0.2) is 97.3 Å². The fraction of sp³-hybridized carbons (Fsp3) is 0.375. The lowest BCUT2D eigenvalue weighted by molar-refractivity contribution is 0.599. The molecule has 4 heterocycles. The molecule has 0 unspecified atom stereocenters. The molecule has 0 N–H and O–H groups in total. The highest BCUT2D eigenvalue weighted by molar-refractivity contribution is 6.24. The average Bonchev–Trinajstić information content (AvgIpc) is 3.96. The Kier molecular flexibility index (Phi) is 9.99. The van der Waals surface area contributed by atoms with E-state index in [2.05, 4.69) is 144 Å². The summed E-state index contributed by atoms with van der Waals surface area (Å²) in [6.07, 6.45) is 22.8. The molecule has 0 aliphatic heterocycles. The molecular weight excluding hydrogens is 633 g/mol. The van der Waals surface area contributed by atoms with E-state index in [-0.39, 0.29) is 0 Å². The van der Waals surface area contributed by atoms with Gasteiger partial charge in [0.25, 0.3) is 0 Å². The normalized spacial score (nSPS) is 12.2. The first-order valence-electron chi connectivity index (χ1n) is 20.3. The molecule has 0 saturated heterocycles. The van der Waals surface area contributed by atoms with E-state index in [1.807, 2.05) is 0 Å². The largest absolute Gasteiger partial charge is 0.334 e. The Balaban J connectivity index is 1.07. The highest BCUT2D eigenvalue weighted by atomic mass is 15.1. The van der Waals surface area contributed by atoms with Gasteiger partial charge in [0.2, 0.25) is 0 Å². The predicted molar refractivity (Wildman–Crippen MR) is 225 cm³/mol. The molecule has 0 bridgehead atoms. The monoisotopic (exact) mass is 688 g/mol. The van der Waals surface area contributed by atoms with Crippen LogP contribution in [0.5, 0.6) is 0 Å². The molecule has 0 aliphatic carbocycles. The second-order valence-corrected chi connectivity index (χ2v) is 15.3. The van der Waals surface area contributed by atoms with Gasteiger partial charge in [0, 0.05) is 48.6 Å². The van der Waals surface area contributed by atoms with Gasteiger partial charge in [0.05, 0.1) is 11.0 Å². The fourth-order valence-electron chi connectivity index (χ4n) is 8.93. The fourth-order valence-corrected chi connectivity index (χ4v) is 8.93. The Morgan fingerprint density at radius 2 is 0.692 bits per heavy atom. The first-order valence-corrected chi connectivity index (χ1v) is 20.3. The molecular formula is C48H56N4. The number of benzene rings is 4. The molecule has 0 saturated carbocycles. The average molecular weight is 689 g/mol. The molecule has 0 aliphatic rings. The third-order valence-corrected chi connectivity index (χ3v) is 12.0. The van der Waals surface area contributed by atoms with Crippen molar-refractivity contribution < 1.29 is 0 Å². The van der Waals surface area contributed by atoms with Gasteiger partial charge in [-0.2, -0.15) is 0 Å². The van der Waals surface area contributed by atoms with Crippen molar-refractivity contribution in [1.82, 2.24) is 18.3 Å². The van der Waals surface area contributed by atoms with Crippen molar-refractivity contribution in [3.8, 4) is 11.6 Å². The minimum atomic E-state index is 1.15. The van der Waals surface area contributed by atoms with Crippen LogP contribution < -0.4 is 0 Å². The van der Waals surface area contributed by atoms with Crippen molar-refractivity contribution in [1.29, 1.82) is 0 Å². The zero-order valence-corrected chi connectivity index (χ0v) is 31.9. The molecule has 0 amide bonds. The second kappa shape index (κ2) is 15.1. The third-order valence-electron chi connectivity index (χ3n) is 12.0. The lowest BCUT2D eigenvalue weighted by atomic mass is 9.94. The summed E-state index contributed by atoms with van der Waals surface area (Å²) in [4.78, 5) is 0. The molecule has 0 radical (unpaired) electrons. The van der Waals surface area contributed by atoms with Crippen molar-refractivity contribution in [2.45, 2.75) is 104 Å². The number of aryl methyl sites for hydroxylation is 2. The van der Waals surface area contributed by atoms with Gasteiger partial charge in [-0.3, -0.25) is 0 Å². The van der Waals surface area contributed by atoms with Crippen LogP contribution in [0.3, 0.4) is 0 Å². The van der Waals surface area contributed by atoms with Crippen molar-refractivity contribution in [3.05, 3.63) is 109 Å². The van der Waals surface area contributed by atoms with Crippen molar-refractivity contribution >= 4 is 54.1 Å². The molecule has 0 atom stereocenters. The lowest BCUT2D eigenvalue weighted by Gasteiger charge is -2.13. The molecule has 8 rings (SSSR count). The number of nitrogens with zero attached hydrogens (tertiary/aromatic N) is 4. The van der Waals surface area contributed by atoms with Gasteiger partial charge in [0.1, 0.15) is 11.6 Å². The molecule has 4 nitrogen and oxygen atoms in total. The number of hydrogen-bond acceptors (Lipinski definition) is 0. The van der Waals surface area contributed by atoms with Gasteiger partial charge in [0.15, 0.2) is 0 Å². The molecule has 0 spiro atoms. The summed E-state index contributed by atoms with van der Waals surface area (Å²) in [7, 11) is 4.46. The van der Waals surface area contributed by atoms with Gasteiger partial charge in [-0.25, -0.2) is 0 Å². The summed E-state index contributed by atoms with van der Waals surface area (Å²) in [5, 5.41) is 10.5. The van der Waals surface area contributed by atoms with E-state index in [1.54, 1.807) is 0 Å². The molecule has 8 aromatic rings. The predicted octanol–water partition coefficient (Wildman–Crippen LogP) is 13.5. The first kappa shape index (κ1) is 34.4. The zero-order valence-electron chi connectivity index (χ0n) is 31.9. The van der Waals surface area contributed by atoms with Crippen LogP contribution in [0.25, 0.3) is 65.8 Å².